The van der Waals surface area contributed by atoms with Crippen molar-refractivity contribution in [3.05, 3.63) is 57.6 Å². The number of carbonyl (C=O) groups is 2. The maximum Gasteiger partial charge on any atom is 0.270 e. The standard InChI is InChI=1S/C23H23BrN2O4S/c1-5-30-20-11-15(18(24)12-19(20)29-4)10-17-21(27)25-23(31)26(22(17)28)16-8-6-14(7-9-16)13(2)3/h6-13H,5H2,1-4H3,(H,25,27,31)/b17-10+. The van der Waals surface area contributed by atoms with Gasteiger partial charge in [0.15, 0.2) is 16.6 Å². The van der Waals surface area contributed by atoms with Crippen molar-refractivity contribution in [3.63, 3.8) is 0 Å². The zero-order chi connectivity index (χ0) is 22.7. The van der Waals surface area contributed by atoms with Gasteiger partial charge in [-0.2, -0.15) is 0 Å². The van der Waals surface area contributed by atoms with E-state index in [1.807, 2.05) is 31.2 Å². The second-order valence-corrected chi connectivity index (χ2v) is 8.40. The number of anilines is 1. The molecule has 0 saturated carbocycles. The lowest BCUT2D eigenvalue weighted by Crippen LogP contribution is -2.54. The van der Waals surface area contributed by atoms with Gasteiger partial charge in [0, 0.05) is 4.47 Å². The number of methoxy groups -OCH3 is 1. The Kier molecular flexibility index (Phi) is 7.12. The van der Waals surface area contributed by atoms with Gasteiger partial charge in [-0.05, 0) is 66.5 Å². The lowest BCUT2D eigenvalue weighted by molar-refractivity contribution is -0.122. The molecule has 0 aliphatic carbocycles. The third kappa shape index (κ3) is 4.80. The van der Waals surface area contributed by atoms with Crippen LogP contribution in [0.1, 0.15) is 37.8 Å². The monoisotopic (exact) mass is 502 g/mol. The summed E-state index contributed by atoms with van der Waals surface area (Å²) in [5.41, 5.74) is 2.30. The van der Waals surface area contributed by atoms with Gasteiger partial charge in [0.1, 0.15) is 5.57 Å². The van der Waals surface area contributed by atoms with Gasteiger partial charge in [0.05, 0.1) is 19.4 Å². The van der Waals surface area contributed by atoms with Crippen LogP contribution < -0.4 is 19.7 Å². The molecule has 2 aromatic carbocycles. The average molecular weight is 503 g/mol. The van der Waals surface area contributed by atoms with Crippen molar-refractivity contribution >= 4 is 56.8 Å². The number of nitrogens with one attached hydrogen (secondary N) is 1. The number of hydrogen-bond acceptors (Lipinski definition) is 5. The second kappa shape index (κ2) is 9.62. The molecule has 8 heteroatoms. The molecule has 0 radical (unpaired) electrons. The maximum atomic E-state index is 13.3. The molecule has 1 aliphatic rings. The van der Waals surface area contributed by atoms with Crippen LogP contribution in [0.3, 0.4) is 0 Å². The molecule has 3 rings (SSSR count). The van der Waals surface area contributed by atoms with Crippen molar-refractivity contribution in [1.29, 1.82) is 0 Å². The van der Waals surface area contributed by atoms with Crippen LogP contribution in [0.4, 0.5) is 5.69 Å². The Labute approximate surface area is 195 Å². The van der Waals surface area contributed by atoms with Gasteiger partial charge in [-0.15, -0.1) is 0 Å². The minimum absolute atomic E-state index is 0.0325. The molecule has 0 atom stereocenters. The molecule has 31 heavy (non-hydrogen) atoms. The van der Waals surface area contributed by atoms with Crippen molar-refractivity contribution in [2.75, 3.05) is 18.6 Å². The number of ether oxygens (including phenoxy) is 2. The van der Waals surface area contributed by atoms with Crippen LogP contribution in [-0.2, 0) is 9.59 Å². The van der Waals surface area contributed by atoms with Gasteiger partial charge < -0.3 is 9.47 Å². The van der Waals surface area contributed by atoms with Gasteiger partial charge in [-0.1, -0.05) is 41.9 Å². The predicted octanol–water partition coefficient (Wildman–Crippen LogP) is 4.81. The number of thiocarbonyl (C=S) groups is 1. The van der Waals surface area contributed by atoms with Gasteiger partial charge >= 0.3 is 0 Å². The van der Waals surface area contributed by atoms with E-state index in [1.165, 1.54) is 11.0 Å². The Morgan fingerprint density at radius 3 is 2.42 bits per heavy atom. The fourth-order valence-corrected chi connectivity index (χ4v) is 3.86. The third-order valence-electron chi connectivity index (χ3n) is 4.80. The van der Waals surface area contributed by atoms with E-state index >= 15 is 0 Å². The van der Waals surface area contributed by atoms with Crippen LogP contribution >= 0.6 is 28.1 Å². The number of rotatable bonds is 6. The molecule has 0 unspecified atom stereocenters. The quantitative estimate of drug-likeness (QED) is 0.348. The third-order valence-corrected chi connectivity index (χ3v) is 5.77. The van der Waals surface area contributed by atoms with Gasteiger partial charge in [0.25, 0.3) is 11.8 Å². The Hall–Kier alpha value is -2.71. The lowest BCUT2D eigenvalue weighted by atomic mass is 10.0. The van der Waals surface area contributed by atoms with Gasteiger partial charge in [-0.3, -0.25) is 19.8 Å². The molecule has 1 N–H and O–H groups in total. The first kappa shape index (κ1) is 23.0. The summed E-state index contributed by atoms with van der Waals surface area (Å²) in [6.45, 7) is 6.49. The van der Waals surface area contributed by atoms with E-state index in [0.29, 0.717) is 39.7 Å². The first-order chi connectivity index (χ1) is 14.8. The molecule has 2 amide bonds. The Balaban J connectivity index is 2.02. The SMILES string of the molecule is CCOc1cc(/C=C2\C(=O)NC(=S)N(c3ccc(C(C)C)cc3)C2=O)c(Br)cc1OC. The number of hydrogen-bond donors (Lipinski definition) is 1. The minimum atomic E-state index is -0.550. The van der Waals surface area contributed by atoms with E-state index in [2.05, 4.69) is 35.1 Å². The highest BCUT2D eigenvalue weighted by atomic mass is 79.9. The predicted molar refractivity (Wildman–Crippen MR) is 129 cm³/mol. The molecule has 162 valence electrons. The van der Waals surface area contributed by atoms with Crippen molar-refractivity contribution in [2.24, 2.45) is 0 Å². The summed E-state index contributed by atoms with van der Waals surface area (Å²) in [5.74, 6) is 0.376. The Morgan fingerprint density at radius 2 is 1.84 bits per heavy atom. The molecular formula is C23H23BrN2O4S. The summed E-state index contributed by atoms with van der Waals surface area (Å²) < 4.78 is 11.6. The highest BCUT2D eigenvalue weighted by Crippen LogP contribution is 2.35. The molecule has 2 aromatic rings. The summed E-state index contributed by atoms with van der Waals surface area (Å²) in [5, 5.41) is 2.66. The van der Waals surface area contributed by atoms with Crippen molar-refractivity contribution < 1.29 is 19.1 Å². The number of amides is 2. The van der Waals surface area contributed by atoms with E-state index in [1.54, 1.807) is 19.2 Å². The first-order valence-corrected chi connectivity index (χ1v) is 11.0. The smallest absolute Gasteiger partial charge is 0.270 e. The van der Waals surface area contributed by atoms with E-state index < -0.39 is 11.8 Å². The molecule has 0 spiro atoms. The van der Waals surface area contributed by atoms with E-state index in [9.17, 15) is 9.59 Å². The molecule has 6 nitrogen and oxygen atoms in total. The molecule has 1 heterocycles. The largest absolute Gasteiger partial charge is 0.493 e. The normalized spacial score (nSPS) is 15.5. The Morgan fingerprint density at radius 1 is 1.16 bits per heavy atom. The van der Waals surface area contributed by atoms with Crippen molar-refractivity contribution in [2.45, 2.75) is 26.7 Å². The van der Waals surface area contributed by atoms with E-state index in [-0.39, 0.29) is 10.7 Å². The molecule has 1 fully saturated rings. The molecule has 1 saturated heterocycles. The number of benzene rings is 2. The van der Waals surface area contributed by atoms with Gasteiger partial charge in [0.2, 0.25) is 0 Å². The maximum absolute atomic E-state index is 13.3. The van der Waals surface area contributed by atoms with E-state index in [4.69, 9.17) is 21.7 Å². The van der Waals surface area contributed by atoms with E-state index in [0.717, 1.165) is 5.56 Å². The zero-order valence-electron chi connectivity index (χ0n) is 17.7. The van der Waals surface area contributed by atoms with Crippen molar-refractivity contribution in [1.82, 2.24) is 5.32 Å². The van der Waals surface area contributed by atoms with Crippen LogP contribution in [0.2, 0.25) is 0 Å². The highest BCUT2D eigenvalue weighted by Gasteiger charge is 2.34. The van der Waals surface area contributed by atoms with Crippen molar-refractivity contribution in [3.8, 4) is 11.5 Å². The Bertz CT molecular complexity index is 1060. The fourth-order valence-electron chi connectivity index (χ4n) is 3.15. The fraction of sp³-hybridized carbons (Fsp3) is 0.261. The topological polar surface area (TPSA) is 67.9 Å². The first-order valence-electron chi connectivity index (χ1n) is 9.78. The lowest BCUT2D eigenvalue weighted by Gasteiger charge is -2.29. The van der Waals surface area contributed by atoms with Crippen LogP contribution in [0.5, 0.6) is 11.5 Å². The molecule has 0 bridgehead atoms. The molecule has 1 aliphatic heterocycles. The summed E-state index contributed by atoms with van der Waals surface area (Å²) >= 11 is 8.75. The number of nitrogens with zero attached hydrogens (tertiary/aromatic N) is 1. The zero-order valence-corrected chi connectivity index (χ0v) is 20.1. The van der Waals surface area contributed by atoms with Crippen LogP contribution in [0.15, 0.2) is 46.4 Å². The molecular weight excluding hydrogens is 480 g/mol. The minimum Gasteiger partial charge on any atom is -0.493 e. The average Bonchev–Trinajstić information content (AvgIpc) is 2.73. The van der Waals surface area contributed by atoms with Crippen LogP contribution in [0.25, 0.3) is 6.08 Å². The summed E-state index contributed by atoms with van der Waals surface area (Å²) in [4.78, 5) is 27.2. The highest BCUT2D eigenvalue weighted by molar-refractivity contribution is 9.10. The van der Waals surface area contributed by atoms with Gasteiger partial charge in [-0.25, -0.2) is 0 Å². The number of halogens is 1. The summed E-state index contributed by atoms with van der Waals surface area (Å²) in [7, 11) is 1.55. The van der Waals surface area contributed by atoms with Crippen LogP contribution in [-0.4, -0.2) is 30.6 Å². The van der Waals surface area contributed by atoms with Crippen LogP contribution in [0, 0.1) is 0 Å². The summed E-state index contributed by atoms with van der Waals surface area (Å²) in [6.07, 6.45) is 1.51. The second-order valence-electron chi connectivity index (χ2n) is 7.16. The molecule has 0 aromatic heterocycles. The number of carbonyl (C=O) groups excluding carboxylic acids is 2. The summed E-state index contributed by atoms with van der Waals surface area (Å²) in [6, 6.07) is 11.0.